The van der Waals surface area contributed by atoms with Crippen molar-refractivity contribution in [3.8, 4) is 0 Å². The molecule has 0 bridgehead atoms. The average molecular weight is 455 g/mol. The highest BCUT2D eigenvalue weighted by Gasteiger charge is 2.49. The summed E-state index contributed by atoms with van der Waals surface area (Å²) >= 11 is 13.8. The summed E-state index contributed by atoms with van der Waals surface area (Å²) in [6.07, 6.45) is 0.176. The monoisotopic (exact) mass is 454 g/mol. The number of aliphatic imine (C=N–C) groups is 1. The maximum atomic E-state index is 12.5. The van der Waals surface area contributed by atoms with E-state index in [9.17, 15) is 13.2 Å². The summed E-state index contributed by atoms with van der Waals surface area (Å²) in [5, 5.41) is 1.18. The van der Waals surface area contributed by atoms with E-state index >= 15 is 0 Å². The van der Waals surface area contributed by atoms with Gasteiger partial charge in [0.2, 0.25) is 0 Å². The summed E-state index contributed by atoms with van der Waals surface area (Å²) in [7, 11) is -3.15. The zero-order chi connectivity index (χ0) is 19.9. The van der Waals surface area contributed by atoms with Crippen molar-refractivity contribution in [3.63, 3.8) is 0 Å². The zero-order valence-electron chi connectivity index (χ0n) is 14.6. The Balaban J connectivity index is 1.69. The number of anilines is 1. The molecule has 2 atom stereocenters. The molecule has 2 saturated heterocycles. The maximum absolute atomic E-state index is 12.5. The minimum Gasteiger partial charge on any atom is -0.314 e. The van der Waals surface area contributed by atoms with Gasteiger partial charge in [-0.3, -0.25) is 4.79 Å². The van der Waals surface area contributed by atoms with E-state index in [2.05, 4.69) is 4.99 Å². The van der Waals surface area contributed by atoms with Crippen LogP contribution in [0, 0.1) is 0 Å². The van der Waals surface area contributed by atoms with Crippen molar-refractivity contribution >= 4 is 61.6 Å². The molecule has 0 radical (unpaired) electrons. The number of hydrogen-bond acceptors (Lipinski definition) is 4. The third-order valence-corrected chi connectivity index (χ3v) is 8.42. The molecule has 2 aliphatic heterocycles. The molecule has 2 fully saturated rings. The lowest BCUT2D eigenvalue weighted by Gasteiger charge is -2.25. The predicted octanol–water partition coefficient (Wildman–Crippen LogP) is 3.84. The molecular weight excluding hydrogens is 439 g/mol. The van der Waals surface area contributed by atoms with Crippen molar-refractivity contribution in [2.75, 3.05) is 16.4 Å². The van der Waals surface area contributed by atoms with Gasteiger partial charge in [-0.1, -0.05) is 65.3 Å². The Bertz CT molecular complexity index is 1060. The molecule has 0 spiro atoms. The fourth-order valence-electron chi connectivity index (χ4n) is 3.43. The van der Waals surface area contributed by atoms with Gasteiger partial charge < -0.3 is 4.90 Å². The lowest BCUT2D eigenvalue weighted by Crippen LogP contribution is -2.38. The number of sulfone groups is 1. The Morgan fingerprint density at radius 2 is 1.89 bits per heavy atom. The number of rotatable bonds is 3. The quantitative estimate of drug-likeness (QED) is 0.704. The lowest BCUT2D eigenvalue weighted by molar-refractivity contribution is -0.117. The molecule has 9 heteroatoms. The topological polar surface area (TPSA) is 66.8 Å². The van der Waals surface area contributed by atoms with E-state index in [-0.39, 0.29) is 35.1 Å². The fourth-order valence-corrected chi connectivity index (χ4v) is 7.73. The van der Waals surface area contributed by atoms with Gasteiger partial charge in [0.15, 0.2) is 15.0 Å². The largest absolute Gasteiger partial charge is 0.314 e. The average Bonchev–Trinajstić information content (AvgIpc) is 3.09. The van der Waals surface area contributed by atoms with Gasteiger partial charge >= 0.3 is 0 Å². The first-order valence-corrected chi connectivity index (χ1v) is 12.0. The molecule has 4 rings (SSSR count). The number of amidine groups is 1. The molecule has 146 valence electrons. The van der Waals surface area contributed by atoms with E-state index in [0.29, 0.717) is 20.9 Å². The molecule has 1 amide bonds. The van der Waals surface area contributed by atoms with Gasteiger partial charge in [-0.2, -0.15) is 4.99 Å². The normalized spacial score (nSPS) is 24.5. The van der Waals surface area contributed by atoms with Crippen molar-refractivity contribution < 1.29 is 13.2 Å². The Morgan fingerprint density at radius 1 is 1.14 bits per heavy atom. The maximum Gasteiger partial charge on any atom is 0.252 e. The zero-order valence-corrected chi connectivity index (χ0v) is 17.7. The third kappa shape index (κ3) is 4.08. The van der Waals surface area contributed by atoms with Crippen molar-refractivity contribution in [1.29, 1.82) is 0 Å². The molecule has 2 aromatic carbocycles. The molecule has 0 saturated carbocycles. The number of benzene rings is 2. The van der Waals surface area contributed by atoms with Crippen LogP contribution in [0.3, 0.4) is 0 Å². The highest BCUT2D eigenvalue weighted by atomic mass is 35.5. The van der Waals surface area contributed by atoms with Crippen molar-refractivity contribution in [1.82, 2.24) is 0 Å². The van der Waals surface area contributed by atoms with Crippen LogP contribution in [-0.2, 0) is 21.1 Å². The summed E-state index contributed by atoms with van der Waals surface area (Å²) in [6, 6.07) is 14.0. The lowest BCUT2D eigenvalue weighted by atomic mass is 10.1. The summed E-state index contributed by atoms with van der Waals surface area (Å²) in [5.41, 5.74) is 1.44. The van der Waals surface area contributed by atoms with Crippen molar-refractivity contribution in [2.45, 2.75) is 17.7 Å². The van der Waals surface area contributed by atoms with Crippen LogP contribution in [0.25, 0.3) is 0 Å². The molecule has 0 aromatic heterocycles. The molecule has 0 aliphatic carbocycles. The summed E-state index contributed by atoms with van der Waals surface area (Å²) in [5.74, 6) is -0.234. The SMILES string of the molecule is O=C(Cc1ccccc1)N=C1S[C@H]2CS(=O)(=O)C[C@@H]2N1c1cc(Cl)ccc1Cl. The molecule has 2 aromatic rings. The van der Waals surface area contributed by atoms with E-state index in [1.807, 2.05) is 30.3 Å². The highest BCUT2D eigenvalue weighted by molar-refractivity contribution is 8.16. The number of carbonyl (C=O) groups excluding carboxylic acids is 1. The van der Waals surface area contributed by atoms with Crippen LogP contribution in [0.1, 0.15) is 5.56 Å². The van der Waals surface area contributed by atoms with E-state index < -0.39 is 9.84 Å². The van der Waals surface area contributed by atoms with E-state index in [0.717, 1.165) is 5.56 Å². The minimum atomic E-state index is -3.15. The van der Waals surface area contributed by atoms with Crippen LogP contribution in [-0.4, -0.2) is 42.3 Å². The minimum absolute atomic E-state index is 0.000591. The second-order valence-corrected chi connectivity index (χ2v) is 10.9. The van der Waals surface area contributed by atoms with E-state index in [1.54, 1.807) is 23.1 Å². The smallest absolute Gasteiger partial charge is 0.252 e. The number of thioether (sulfide) groups is 1. The summed E-state index contributed by atoms with van der Waals surface area (Å²) < 4.78 is 24.3. The van der Waals surface area contributed by atoms with Crippen LogP contribution in [0.5, 0.6) is 0 Å². The summed E-state index contributed by atoms with van der Waals surface area (Å²) in [6.45, 7) is 0. The second-order valence-electron chi connectivity index (χ2n) is 6.72. The van der Waals surface area contributed by atoms with Crippen LogP contribution in [0.15, 0.2) is 53.5 Å². The number of amides is 1. The molecule has 0 N–H and O–H groups in total. The van der Waals surface area contributed by atoms with Gasteiger partial charge in [0.1, 0.15) is 0 Å². The van der Waals surface area contributed by atoms with Gasteiger partial charge in [-0.05, 0) is 23.8 Å². The van der Waals surface area contributed by atoms with Crippen molar-refractivity contribution in [2.24, 2.45) is 4.99 Å². The number of carbonyl (C=O) groups is 1. The Labute approximate surface area is 177 Å². The first-order valence-electron chi connectivity index (χ1n) is 8.59. The Morgan fingerprint density at radius 3 is 2.64 bits per heavy atom. The number of halogens is 2. The molecular formula is C19H16Cl2N2O3S2. The van der Waals surface area contributed by atoms with Gasteiger partial charge in [0.25, 0.3) is 5.91 Å². The van der Waals surface area contributed by atoms with Crippen LogP contribution in [0.4, 0.5) is 5.69 Å². The van der Waals surface area contributed by atoms with Gasteiger partial charge in [-0.15, -0.1) is 0 Å². The number of hydrogen-bond donors (Lipinski definition) is 0. The highest BCUT2D eigenvalue weighted by Crippen LogP contribution is 2.43. The van der Waals surface area contributed by atoms with Gasteiger partial charge in [0.05, 0.1) is 34.7 Å². The van der Waals surface area contributed by atoms with Gasteiger partial charge in [-0.25, -0.2) is 8.42 Å². The first-order chi connectivity index (χ1) is 13.3. The summed E-state index contributed by atoms with van der Waals surface area (Å²) in [4.78, 5) is 18.6. The predicted molar refractivity (Wildman–Crippen MR) is 115 cm³/mol. The first kappa shape index (κ1) is 19.8. The molecule has 28 heavy (non-hydrogen) atoms. The van der Waals surface area contributed by atoms with Gasteiger partial charge in [0, 0.05) is 10.3 Å². The van der Waals surface area contributed by atoms with Crippen molar-refractivity contribution in [3.05, 3.63) is 64.1 Å². The number of fused-ring (bicyclic) bond motifs is 1. The molecule has 2 aliphatic rings. The van der Waals surface area contributed by atoms with E-state index in [4.69, 9.17) is 23.2 Å². The van der Waals surface area contributed by atoms with Crippen LogP contribution < -0.4 is 4.90 Å². The molecule has 0 unspecified atom stereocenters. The Hall–Kier alpha value is -1.54. The van der Waals surface area contributed by atoms with Crippen LogP contribution in [0.2, 0.25) is 10.0 Å². The third-order valence-electron chi connectivity index (χ3n) is 4.65. The Kier molecular flexibility index (Phi) is 5.44. The molecule has 2 heterocycles. The molecule has 5 nitrogen and oxygen atoms in total. The van der Waals surface area contributed by atoms with E-state index in [1.165, 1.54) is 11.8 Å². The second kappa shape index (κ2) is 7.71. The fraction of sp³-hybridized carbons (Fsp3) is 0.263. The van der Waals surface area contributed by atoms with Crippen LogP contribution >= 0.6 is 35.0 Å². The standard InChI is InChI=1S/C19H16Cl2N2O3S2/c20-13-6-7-14(21)15(9-13)23-16-10-28(25,26)11-17(16)27-19(23)22-18(24)8-12-4-2-1-3-5-12/h1-7,9,16-17H,8,10-11H2/t16-,17-/m0/s1. The number of nitrogens with zero attached hydrogens (tertiary/aromatic N) is 2.